The number of benzene rings is 2. The first-order valence-electron chi connectivity index (χ1n) is 9.92. The molecule has 4 rings (SSSR count). The van der Waals surface area contributed by atoms with Crippen molar-refractivity contribution in [2.45, 2.75) is 39.0 Å². The van der Waals surface area contributed by atoms with Gasteiger partial charge in [0.05, 0.1) is 7.11 Å². The lowest BCUT2D eigenvalue weighted by molar-refractivity contribution is -0.121. The predicted molar refractivity (Wildman–Crippen MR) is 119 cm³/mol. The summed E-state index contributed by atoms with van der Waals surface area (Å²) in [6, 6.07) is 12.6. The number of allylic oxidation sites excluding steroid dienone is 2. The monoisotopic (exact) mass is 469 g/mol. The van der Waals surface area contributed by atoms with Crippen molar-refractivity contribution in [3.8, 4) is 11.5 Å². The summed E-state index contributed by atoms with van der Waals surface area (Å²) in [7, 11) is 1.48. The molecule has 30 heavy (non-hydrogen) atoms. The topological polar surface area (TPSA) is 66.8 Å². The van der Waals surface area contributed by atoms with Crippen LogP contribution in [-0.4, -0.2) is 23.9 Å². The second kappa shape index (κ2) is 7.58. The number of carbonyl (C=O) groups is 2. The third-order valence-electron chi connectivity index (χ3n) is 5.82. The van der Waals surface area contributed by atoms with Crippen molar-refractivity contribution in [1.82, 2.24) is 0 Å². The lowest BCUT2D eigenvalue weighted by Gasteiger charge is -2.43. The number of Topliss-reactive ketones (excluding diaryl/α,β-unsaturated/α-hetero) is 1. The van der Waals surface area contributed by atoms with E-state index in [4.69, 9.17) is 4.74 Å². The molecule has 0 spiro atoms. The summed E-state index contributed by atoms with van der Waals surface area (Å²) in [6.07, 6.45) is 1.27. The number of aromatic hydroxyl groups is 1. The largest absolute Gasteiger partial charge is 0.504 e. The van der Waals surface area contributed by atoms with Gasteiger partial charge < -0.3 is 9.84 Å². The van der Waals surface area contributed by atoms with Gasteiger partial charge in [0.25, 0.3) is 0 Å². The van der Waals surface area contributed by atoms with Crippen molar-refractivity contribution in [3.63, 3.8) is 0 Å². The van der Waals surface area contributed by atoms with E-state index in [1.165, 1.54) is 7.11 Å². The number of phenols is 1. The second-order valence-corrected chi connectivity index (χ2v) is 9.61. The fourth-order valence-corrected chi connectivity index (χ4v) is 4.91. The zero-order valence-corrected chi connectivity index (χ0v) is 18.8. The van der Waals surface area contributed by atoms with Gasteiger partial charge in [-0.3, -0.25) is 14.5 Å². The molecular formula is C24H24BrNO4. The first-order valence-corrected chi connectivity index (χ1v) is 10.7. The van der Waals surface area contributed by atoms with Crippen molar-refractivity contribution in [2.75, 3.05) is 12.0 Å². The number of methoxy groups -OCH3 is 1. The summed E-state index contributed by atoms with van der Waals surface area (Å²) < 4.78 is 6.13. The summed E-state index contributed by atoms with van der Waals surface area (Å²) in [5.41, 5.74) is 2.81. The van der Waals surface area contributed by atoms with E-state index in [2.05, 4.69) is 29.8 Å². The van der Waals surface area contributed by atoms with Crippen molar-refractivity contribution >= 4 is 33.3 Å². The highest BCUT2D eigenvalue weighted by Crippen LogP contribution is 2.49. The normalized spacial score (nSPS) is 20.9. The van der Waals surface area contributed by atoms with Crippen molar-refractivity contribution in [1.29, 1.82) is 0 Å². The van der Waals surface area contributed by atoms with Gasteiger partial charge in [-0.25, -0.2) is 0 Å². The number of hydrogen-bond acceptors (Lipinski definition) is 4. The number of amides is 1. The second-order valence-electron chi connectivity index (χ2n) is 8.70. The number of hydrogen-bond donors (Lipinski definition) is 1. The minimum Gasteiger partial charge on any atom is -0.504 e. The number of anilines is 1. The molecule has 1 unspecified atom stereocenters. The summed E-state index contributed by atoms with van der Waals surface area (Å²) in [6.45, 7) is 4.12. The molecule has 2 aromatic carbocycles. The van der Waals surface area contributed by atoms with Crippen LogP contribution in [0, 0.1) is 5.41 Å². The molecule has 1 aliphatic heterocycles. The fraction of sp³-hybridized carbons (Fsp3) is 0.333. The van der Waals surface area contributed by atoms with Crippen molar-refractivity contribution in [3.05, 3.63) is 63.8 Å². The molecule has 0 saturated heterocycles. The Morgan fingerprint density at radius 1 is 1.13 bits per heavy atom. The number of halogens is 1. The maximum atomic E-state index is 13.4. The number of nitrogens with zero attached hydrogens (tertiary/aromatic N) is 1. The zero-order chi connectivity index (χ0) is 21.6. The van der Waals surface area contributed by atoms with Crippen molar-refractivity contribution in [2.24, 2.45) is 5.41 Å². The Bertz CT molecular complexity index is 1070. The lowest BCUT2D eigenvalue weighted by Crippen LogP contribution is -2.43. The number of ketones is 1. The summed E-state index contributed by atoms with van der Waals surface area (Å²) in [5.74, 6) is 0.0405. The fourth-order valence-electron chi connectivity index (χ4n) is 4.53. The van der Waals surface area contributed by atoms with Crippen LogP contribution < -0.4 is 9.64 Å². The standard InChI is InChI=1S/C24H24BrNO4/c1-24(2)12-18-23(20(28)13-24)17(14-7-8-19(27)21(9-14)30-3)11-22(29)26(18)16-6-4-5-15(25)10-16/h4-10,17,27H,11-13H2,1-3H3. The smallest absolute Gasteiger partial charge is 0.232 e. The van der Waals surface area contributed by atoms with Gasteiger partial charge in [-0.05, 0) is 47.7 Å². The van der Waals surface area contributed by atoms with Crippen molar-refractivity contribution < 1.29 is 19.4 Å². The van der Waals surface area contributed by atoms with Gasteiger partial charge in [0.1, 0.15) is 0 Å². The van der Waals surface area contributed by atoms with Crippen LogP contribution in [0.1, 0.15) is 44.6 Å². The minimum atomic E-state index is -0.353. The molecular weight excluding hydrogens is 446 g/mol. The number of carbonyl (C=O) groups excluding carboxylic acids is 2. The summed E-state index contributed by atoms with van der Waals surface area (Å²) in [5, 5.41) is 9.97. The SMILES string of the molecule is COc1cc(C2CC(=O)N(c3cccc(Br)c3)C3=C2C(=O)CC(C)(C)C3)ccc1O. The van der Waals surface area contributed by atoms with E-state index in [1.807, 2.05) is 24.3 Å². The van der Waals surface area contributed by atoms with Crippen LogP contribution in [0.15, 0.2) is 58.2 Å². The van der Waals surface area contributed by atoms with Gasteiger partial charge in [0.2, 0.25) is 5.91 Å². The van der Waals surface area contributed by atoms with E-state index in [1.54, 1.807) is 23.1 Å². The summed E-state index contributed by atoms with van der Waals surface area (Å²) >= 11 is 3.48. The Morgan fingerprint density at radius 3 is 2.60 bits per heavy atom. The Kier molecular flexibility index (Phi) is 5.22. The molecule has 0 fully saturated rings. The lowest BCUT2D eigenvalue weighted by atomic mass is 9.69. The van der Waals surface area contributed by atoms with Gasteiger partial charge in [0.15, 0.2) is 17.3 Å². The third-order valence-corrected chi connectivity index (χ3v) is 6.31. The van der Waals surface area contributed by atoms with Gasteiger partial charge in [-0.15, -0.1) is 0 Å². The molecule has 2 aromatic rings. The molecule has 1 N–H and O–H groups in total. The van der Waals surface area contributed by atoms with Crippen LogP contribution in [0.3, 0.4) is 0 Å². The first-order chi connectivity index (χ1) is 14.2. The van der Waals surface area contributed by atoms with Gasteiger partial charge in [0, 0.05) is 40.2 Å². The van der Waals surface area contributed by atoms with Crippen LogP contribution in [0.4, 0.5) is 5.69 Å². The van der Waals surface area contributed by atoms with Crippen LogP contribution in [0.5, 0.6) is 11.5 Å². The highest BCUT2D eigenvalue weighted by atomic mass is 79.9. The highest BCUT2D eigenvalue weighted by Gasteiger charge is 2.44. The zero-order valence-electron chi connectivity index (χ0n) is 17.2. The molecule has 1 heterocycles. The van der Waals surface area contributed by atoms with E-state index in [-0.39, 0.29) is 35.2 Å². The maximum Gasteiger partial charge on any atom is 0.232 e. The number of ether oxygens (including phenoxy) is 1. The Balaban J connectivity index is 1.90. The summed E-state index contributed by atoms with van der Waals surface area (Å²) in [4.78, 5) is 28.4. The Labute approximate surface area is 184 Å². The molecule has 1 atom stereocenters. The molecule has 0 bridgehead atoms. The van der Waals surface area contributed by atoms with Gasteiger partial charge >= 0.3 is 0 Å². The molecule has 5 nitrogen and oxygen atoms in total. The van der Waals surface area contributed by atoms with E-state index in [0.717, 1.165) is 21.4 Å². The molecule has 0 aromatic heterocycles. The van der Waals surface area contributed by atoms with Crippen LogP contribution in [-0.2, 0) is 9.59 Å². The number of rotatable bonds is 3. The third kappa shape index (κ3) is 3.65. The molecule has 6 heteroatoms. The van der Waals surface area contributed by atoms with Crippen LogP contribution in [0.2, 0.25) is 0 Å². The Morgan fingerprint density at radius 2 is 1.90 bits per heavy atom. The highest BCUT2D eigenvalue weighted by molar-refractivity contribution is 9.10. The molecule has 2 aliphatic rings. The molecule has 156 valence electrons. The maximum absolute atomic E-state index is 13.4. The van der Waals surface area contributed by atoms with Crippen LogP contribution in [0.25, 0.3) is 0 Å². The first kappa shape index (κ1) is 20.7. The van der Waals surface area contributed by atoms with Gasteiger partial charge in [-0.1, -0.05) is 41.9 Å². The average Bonchev–Trinajstić information content (AvgIpc) is 2.66. The van der Waals surface area contributed by atoms with E-state index in [0.29, 0.717) is 24.2 Å². The molecule has 0 radical (unpaired) electrons. The molecule has 1 amide bonds. The average molecular weight is 470 g/mol. The van der Waals surface area contributed by atoms with E-state index in [9.17, 15) is 14.7 Å². The van der Waals surface area contributed by atoms with Gasteiger partial charge in [-0.2, -0.15) is 0 Å². The Hall–Kier alpha value is -2.60. The molecule has 1 aliphatic carbocycles. The minimum absolute atomic E-state index is 0.0319. The quantitative estimate of drug-likeness (QED) is 0.659. The number of phenolic OH excluding ortho intramolecular Hbond substituents is 1. The molecule has 0 saturated carbocycles. The van der Waals surface area contributed by atoms with E-state index < -0.39 is 0 Å². The van der Waals surface area contributed by atoms with Crippen LogP contribution >= 0.6 is 15.9 Å². The van der Waals surface area contributed by atoms with E-state index >= 15 is 0 Å². The predicted octanol–water partition coefficient (Wildman–Crippen LogP) is 5.33.